The number of benzene rings is 1. The Kier molecular flexibility index (Phi) is 7.21. The van der Waals surface area contributed by atoms with E-state index < -0.39 is 0 Å². The molecule has 0 aliphatic rings. The van der Waals surface area contributed by atoms with Gasteiger partial charge >= 0.3 is 0 Å². The molecule has 0 aliphatic heterocycles. The Morgan fingerprint density at radius 2 is 2.18 bits per heavy atom. The first kappa shape index (κ1) is 18.3. The van der Waals surface area contributed by atoms with Crippen molar-refractivity contribution in [3.63, 3.8) is 0 Å². The zero-order valence-corrected chi connectivity index (χ0v) is 14.0. The SMILES string of the molecule is CCN[C@H](C)CNC(=O)Cc1coc2cc(OC)ccc12.Cl. The van der Waals surface area contributed by atoms with Gasteiger partial charge in [0, 0.05) is 29.6 Å². The number of halogens is 1. The van der Waals surface area contributed by atoms with Crippen LogP contribution in [0.4, 0.5) is 0 Å². The molecule has 1 heterocycles. The van der Waals surface area contributed by atoms with Crippen molar-refractivity contribution in [2.75, 3.05) is 20.2 Å². The van der Waals surface area contributed by atoms with E-state index >= 15 is 0 Å². The van der Waals surface area contributed by atoms with Crippen LogP contribution in [-0.4, -0.2) is 32.1 Å². The fourth-order valence-electron chi connectivity index (χ4n) is 2.25. The van der Waals surface area contributed by atoms with Crippen molar-refractivity contribution in [2.45, 2.75) is 26.3 Å². The summed E-state index contributed by atoms with van der Waals surface area (Å²) in [6, 6.07) is 5.88. The quantitative estimate of drug-likeness (QED) is 0.820. The van der Waals surface area contributed by atoms with Crippen LogP contribution in [0, 0.1) is 0 Å². The number of carbonyl (C=O) groups excluding carboxylic acids is 1. The highest BCUT2D eigenvalue weighted by molar-refractivity contribution is 5.88. The fraction of sp³-hybridized carbons (Fsp3) is 0.438. The van der Waals surface area contributed by atoms with Crippen molar-refractivity contribution < 1.29 is 13.9 Å². The number of ether oxygens (including phenoxy) is 1. The molecule has 0 unspecified atom stereocenters. The maximum atomic E-state index is 12.0. The highest BCUT2D eigenvalue weighted by atomic mass is 35.5. The molecule has 2 rings (SSSR count). The Hall–Kier alpha value is -1.72. The molecule has 2 N–H and O–H groups in total. The van der Waals surface area contributed by atoms with Gasteiger partial charge in [-0.05, 0) is 25.6 Å². The van der Waals surface area contributed by atoms with Gasteiger partial charge in [-0.1, -0.05) is 6.92 Å². The van der Waals surface area contributed by atoms with Crippen molar-refractivity contribution in [2.24, 2.45) is 0 Å². The third-order valence-electron chi connectivity index (χ3n) is 3.37. The summed E-state index contributed by atoms with van der Waals surface area (Å²) in [6.45, 7) is 5.61. The van der Waals surface area contributed by atoms with E-state index in [9.17, 15) is 4.79 Å². The minimum absolute atomic E-state index is 0. The maximum absolute atomic E-state index is 12.0. The van der Waals surface area contributed by atoms with Crippen molar-refractivity contribution >= 4 is 29.3 Å². The molecule has 0 fully saturated rings. The van der Waals surface area contributed by atoms with E-state index in [-0.39, 0.29) is 24.4 Å². The molecule has 122 valence electrons. The summed E-state index contributed by atoms with van der Waals surface area (Å²) < 4.78 is 10.6. The monoisotopic (exact) mass is 326 g/mol. The second kappa shape index (κ2) is 8.66. The highest BCUT2D eigenvalue weighted by Crippen LogP contribution is 2.25. The number of amides is 1. The fourth-order valence-corrected chi connectivity index (χ4v) is 2.25. The van der Waals surface area contributed by atoms with Gasteiger partial charge in [-0.15, -0.1) is 12.4 Å². The van der Waals surface area contributed by atoms with Crippen molar-refractivity contribution in [3.8, 4) is 5.75 Å². The summed E-state index contributed by atoms with van der Waals surface area (Å²) in [5.41, 5.74) is 1.62. The van der Waals surface area contributed by atoms with E-state index in [2.05, 4.69) is 10.6 Å². The summed E-state index contributed by atoms with van der Waals surface area (Å²) in [4.78, 5) is 12.0. The van der Waals surface area contributed by atoms with Gasteiger partial charge < -0.3 is 19.8 Å². The second-order valence-electron chi connectivity index (χ2n) is 5.06. The predicted molar refractivity (Wildman–Crippen MR) is 89.9 cm³/mol. The minimum Gasteiger partial charge on any atom is -0.497 e. The molecule has 0 radical (unpaired) electrons. The van der Waals surface area contributed by atoms with Crippen LogP contribution in [0.1, 0.15) is 19.4 Å². The molecule has 0 saturated heterocycles. The van der Waals surface area contributed by atoms with Crippen molar-refractivity contribution in [3.05, 3.63) is 30.0 Å². The predicted octanol–water partition coefficient (Wildman–Crippen LogP) is 2.52. The summed E-state index contributed by atoms with van der Waals surface area (Å²) in [7, 11) is 1.62. The van der Waals surface area contributed by atoms with Crippen molar-refractivity contribution in [1.82, 2.24) is 10.6 Å². The van der Waals surface area contributed by atoms with Gasteiger partial charge in [-0.25, -0.2) is 0 Å². The Bertz CT molecular complexity index is 612. The van der Waals surface area contributed by atoms with Crippen molar-refractivity contribution in [1.29, 1.82) is 0 Å². The lowest BCUT2D eigenvalue weighted by Crippen LogP contribution is -2.39. The van der Waals surface area contributed by atoms with Crippen LogP contribution in [0.25, 0.3) is 11.0 Å². The van der Waals surface area contributed by atoms with Crippen LogP contribution in [0.3, 0.4) is 0 Å². The number of hydrogen-bond acceptors (Lipinski definition) is 4. The zero-order chi connectivity index (χ0) is 15.2. The molecular formula is C16H23ClN2O3. The second-order valence-corrected chi connectivity index (χ2v) is 5.06. The third kappa shape index (κ3) is 4.64. The summed E-state index contributed by atoms with van der Waals surface area (Å²) in [6.07, 6.45) is 1.95. The number of nitrogens with one attached hydrogen (secondary N) is 2. The molecule has 1 atom stereocenters. The van der Waals surface area contributed by atoms with Gasteiger partial charge in [-0.3, -0.25) is 4.79 Å². The first-order chi connectivity index (χ1) is 10.1. The molecular weight excluding hydrogens is 304 g/mol. The number of rotatable bonds is 7. The molecule has 0 aliphatic carbocycles. The standard InChI is InChI=1S/C16H22N2O3.ClH/c1-4-17-11(2)9-18-16(19)7-12-10-21-15-8-13(20-3)5-6-14(12)15;/h5-6,8,10-11,17H,4,7,9H2,1-3H3,(H,18,19);1H/t11-;/m1./s1. The molecule has 1 amide bonds. The number of fused-ring (bicyclic) bond motifs is 1. The van der Waals surface area contributed by atoms with Crippen LogP contribution in [0.2, 0.25) is 0 Å². The van der Waals surface area contributed by atoms with E-state index in [1.54, 1.807) is 13.4 Å². The normalized spacial score (nSPS) is 11.8. The molecule has 2 aromatic rings. The number of likely N-dealkylation sites (N-methyl/N-ethyl adjacent to an activating group) is 1. The van der Waals surface area contributed by atoms with E-state index in [0.29, 0.717) is 13.0 Å². The summed E-state index contributed by atoms with van der Waals surface area (Å²) >= 11 is 0. The Balaban J connectivity index is 0.00000242. The average molecular weight is 327 g/mol. The third-order valence-corrected chi connectivity index (χ3v) is 3.37. The van der Waals surface area contributed by atoms with Crippen LogP contribution >= 0.6 is 12.4 Å². The molecule has 22 heavy (non-hydrogen) atoms. The average Bonchev–Trinajstić information content (AvgIpc) is 2.87. The maximum Gasteiger partial charge on any atom is 0.224 e. The molecule has 0 bridgehead atoms. The molecule has 0 saturated carbocycles. The lowest BCUT2D eigenvalue weighted by molar-refractivity contribution is -0.120. The first-order valence-corrected chi connectivity index (χ1v) is 7.18. The lowest BCUT2D eigenvalue weighted by Gasteiger charge is -2.12. The molecule has 0 spiro atoms. The highest BCUT2D eigenvalue weighted by Gasteiger charge is 2.11. The Labute approximate surface area is 136 Å². The van der Waals surface area contributed by atoms with Crippen LogP contribution in [-0.2, 0) is 11.2 Å². The van der Waals surface area contributed by atoms with Gasteiger partial charge in [0.05, 0.1) is 19.8 Å². The Morgan fingerprint density at radius 1 is 1.41 bits per heavy atom. The van der Waals surface area contributed by atoms with E-state index in [4.69, 9.17) is 9.15 Å². The lowest BCUT2D eigenvalue weighted by atomic mass is 10.1. The number of methoxy groups -OCH3 is 1. The largest absolute Gasteiger partial charge is 0.497 e. The van der Waals surface area contributed by atoms with Crippen LogP contribution in [0.5, 0.6) is 5.75 Å². The summed E-state index contributed by atoms with van der Waals surface area (Å²) in [5, 5.41) is 7.13. The van der Waals surface area contributed by atoms with Gasteiger partial charge in [-0.2, -0.15) is 0 Å². The topological polar surface area (TPSA) is 63.5 Å². The van der Waals surface area contributed by atoms with Gasteiger partial charge in [0.15, 0.2) is 0 Å². The van der Waals surface area contributed by atoms with Crippen LogP contribution in [0.15, 0.2) is 28.9 Å². The van der Waals surface area contributed by atoms with Gasteiger partial charge in [0.25, 0.3) is 0 Å². The van der Waals surface area contributed by atoms with Gasteiger partial charge in [0.1, 0.15) is 11.3 Å². The number of carbonyl (C=O) groups is 1. The van der Waals surface area contributed by atoms with E-state index in [1.165, 1.54) is 0 Å². The first-order valence-electron chi connectivity index (χ1n) is 7.18. The smallest absolute Gasteiger partial charge is 0.224 e. The van der Waals surface area contributed by atoms with Gasteiger partial charge in [0.2, 0.25) is 5.91 Å². The minimum atomic E-state index is -0.00160. The number of hydrogen-bond donors (Lipinski definition) is 2. The number of furan rings is 1. The molecule has 1 aromatic heterocycles. The zero-order valence-electron chi connectivity index (χ0n) is 13.1. The van der Waals surface area contributed by atoms with E-state index in [0.717, 1.165) is 28.8 Å². The molecule has 1 aromatic carbocycles. The van der Waals surface area contributed by atoms with Crippen LogP contribution < -0.4 is 15.4 Å². The molecule has 5 nitrogen and oxygen atoms in total. The molecule has 6 heteroatoms. The van der Waals surface area contributed by atoms with E-state index in [1.807, 2.05) is 32.0 Å². The summed E-state index contributed by atoms with van der Waals surface area (Å²) in [5.74, 6) is 0.741. The Morgan fingerprint density at radius 3 is 2.86 bits per heavy atom.